The van der Waals surface area contributed by atoms with Gasteiger partial charge in [0.25, 0.3) is 0 Å². The van der Waals surface area contributed by atoms with Crippen molar-refractivity contribution in [3.05, 3.63) is 53.9 Å². The number of aliphatic hydroxyl groups is 1. The van der Waals surface area contributed by atoms with E-state index in [1.165, 1.54) is 28.6 Å². The zero-order chi connectivity index (χ0) is 18.4. The van der Waals surface area contributed by atoms with Gasteiger partial charge in [-0.1, -0.05) is 13.0 Å². The molecule has 1 aromatic carbocycles. The lowest BCUT2D eigenvalue weighted by Crippen LogP contribution is -2.10. The van der Waals surface area contributed by atoms with Crippen LogP contribution in [0.1, 0.15) is 24.1 Å². The normalized spacial score (nSPS) is 12.4. The van der Waals surface area contributed by atoms with Gasteiger partial charge in [-0.3, -0.25) is 10.8 Å². The van der Waals surface area contributed by atoms with Crippen molar-refractivity contribution in [1.29, 1.82) is 10.8 Å². The molecule has 1 aromatic heterocycles. The first-order valence-electron chi connectivity index (χ1n) is 7.65. The zero-order valence-electron chi connectivity index (χ0n) is 13.8. The second-order valence-corrected chi connectivity index (χ2v) is 7.00. The van der Waals surface area contributed by atoms with E-state index >= 15 is 0 Å². The molecule has 0 aliphatic heterocycles. The fraction of sp³-hybridized carbons (Fsp3) is 0.235. The number of thiol groups is 1. The number of benzene rings is 1. The van der Waals surface area contributed by atoms with Gasteiger partial charge in [0.2, 0.25) is 0 Å². The van der Waals surface area contributed by atoms with E-state index in [2.05, 4.69) is 17.7 Å². The van der Waals surface area contributed by atoms with Crippen molar-refractivity contribution in [2.75, 3.05) is 18.1 Å². The number of allylic oxidation sites excluding steroid dienone is 1. The molecule has 2 aromatic rings. The summed E-state index contributed by atoms with van der Waals surface area (Å²) in [6, 6.07) is 7.57. The largest absolute Gasteiger partial charge is 0.398 e. The predicted octanol–water partition coefficient (Wildman–Crippen LogP) is 2.99. The summed E-state index contributed by atoms with van der Waals surface area (Å²) >= 11 is 5.58. The highest BCUT2D eigenvalue weighted by Crippen LogP contribution is 2.27. The number of hydrogen-bond donors (Lipinski definition) is 5. The Bertz CT molecular complexity index is 800. The van der Waals surface area contributed by atoms with E-state index in [4.69, 9.17) is 21.7 Å². The van der Waals surface area contributed by atoms with Crippen LogP contribution in [0.25, 0.3) is 0 Å². The van der Waals surface area contributed by atoms with E-state index < -0.39 is 0 Å². The molecular weight excluding hydrogens is 354 g/mol. The maximum Gasteiger partial charge on any atom is 0.146 e. The first-order chi connectivity index (χ1) is 11.9. The second-order valence-electron chi connectivity index (χ2n) is 5.38. The SMILES string of the molecule is CC(c1ccc(N)c(S)c1)c1ccn(C(=N)/C=C\C(=N)SCCO)n1. The molecule has 0 fully saturated rings. The number of thioether (sulfide) groups is 1. The molecule has 25 heavy (non-hydrogen) atoms. The minimum absolute atomic E-state index is 0.0257. The molecule has 0 saturated heterocycles. The third-order valence-corrected chi connectivity index (χ3v) is 4.82. The molecular formula is C17H21N5OS2. The molecule has 0 amide bonds. The number of nitrogens with two attached hydrogens (primary N) is 1. The Morgan fingerprint density at radius 1 is 1.40 bits per heavy atom. The van der Waals surface area contributed by atoms with Gasteiger partial charge in [0.15, 0.2) is 0 Å². The van der Waals surface area contributed by atoms with E-state index in [0.29, 0.717) is 16.5 Å². The highest BCUT2D eigenvalue weighted by molar-refractivity contribution is 8.14. The third kappa shape index (κ3) is 5.22. The minimum atomic E-state index is 0.0257. The molecule has 1 unspecified atom stereocenters. The summed E-state index contributed by atoms with van der Waals surface area (Å²) in [6.45, 7) is 2.06. The molecule has 1 heterocycles. The predicted molar refractivity (Wildman–Crippen MR) is 107 cm³/mol. The fourth-order valence-corrected chi connectivity index (χ4v) is 2.84. The lowest BCUT2D eigenvalue weighted by atomic mass is 9.98. The third-order valence-electron chi connectivity index (χ3n) is 3.60. The van der Waals surface area contributed by atoms with Gasteiger partial charge in [-0.05, 0) is 35.9 Å². The Kier molecular flexibility index (Phi) is 6.86. The number of hydrogen-bond acceptors (Lipinski definition) is 7. The van der Waals surface area contributed by atoms with Crippen LogP contribution in [0.5, 0.6) is 0 Å². The van der Waals surface area contributed by atoms with Crippen molar-refractivity contribution in [3.8, 4) is 0 Å². The van der Waals surface area contributed by atoms with Crippen LogP contribution < -0.4 is 5.73 Å². The van der Waals surface area contributed by atoms with Crippen LogP contribution >= 0.6 is 24.4 Å². The molecule has 6 nitrogen and oxygen atoms in total. The summed E-state index contributed by atoms with van der Waals surface area (Å²) in [5, 5.41) is 29.2. The smallest absolute Gasteiger partial charge is 0.146 e. The number of aromatic nitrogens is 2. The Labute approximate surface area is 156 Å². The molecule has 1 atom stereocenters. The molecule has 0 radical (unpaired) electrons. The maximum absolute atomic E-state index is 8.74. The summed E-state index contributed by atoms with van der Waals surface area (Å²) in [6.07, 6.45) is 4.77. The van der Waals surface area contributed by atoms with Crippen molar-refractivity contribution in [2.24, 2.45) is 0 Å². The summed E-state index contributed by atoms with van der Waals surface area (Å²) in [5.41, 5.74) is 8.32. The van der Waals surface area contributed by atoms with E-state index in [-0.39, 0.29) is 18.4 Å². The van der Waals surface area contributed by atoms with Gasteiger partial charge < -0.3 is 10.8 Å². The van der Waals surface area contributed by atoms with Gasteiger partial charge in [0.05, 0.1) is 17.3 Å². The van der Waals surface area contributed by atoms with Crippen LogP contribution in [-0.2, 0) is 0 Å². The molecule has 2 rings (SSSR count). The average Bonchev–Trinajstić information content (AvgIpc) is 3.09. The van der Waals surface area contributed by atoms with E-state index in [0.717, 1.165) is 16.2 Å². The molecule has 8 heteroatoms. The van der Waals surface area contributed by atoms with Crippen molar-refractivity contribution >= 4 is 41.0 Å². The molecule has 0 bridgehead atoms. The second kappa shape index (κ2) is 8.89. The van der Waals surface area contributed by atoms with Crippen molar-refractivity contribution in [3.63, 3.8) is 0 Å². The van der Waals surface area contributed by atoms with Crippen LogP contribution in [0.3, 0.4) is 0 Å². The number of nitrogens with zero attached hydrogens (tertiary/aromatic N) is 2. The molecule has 132 valence electrons. The number of nitrogens with one attached hydrogen (secondary N) is 2. The van der Waals surface area contributed by atoms with E-state index in [1.54, 1.807) is 6.20 Å². The standard InChI is InChI=1S/C17H21N5OS2/c1-11(12-2-3-13(18)15(24)10-12)14-6-7-22(21-14)16(19)4-5-17(20)25-9-8-23/h2-7,10-11,19-20,23-24H,8-9,18H2,1H3/b5-4-,19-16?,20-17?. The van der Waals surface area contributed by atoms with Crippen LogP contribution in [-0.4, -0.2) is 38.1 Å². The van der Waals surface area contributed by atoms with Crippen LogP contribution in [0.4, 0.5) is 5.69 Å². The number of nitrogen functional groups attached to an aromatic ring is 1. The lowest BCUT2D eigenvalue weighted by molar-refractivity contribution is 0.323. The van der Waals surface area contributed by atoms with Gasteiger partial charge in [-0.15, -0.1) is 24.4 Å². The number of rotatable bonds is 6. The average molecular weight is 376 g/mol. The van der Waals surface area contributed by atoms with Crippen molar-refractivity contribution in [1.82, 2.24) is 9.78 Å². The number of aliphatic hydroxyl groups excluding tert-OH is 1. The molecule has 0 aliphatic rings. The van der Waals surface area contributed by atoms with Gasteiger partial charge in [-0.2, -0.15) is 5.10 Å². The Morgan fingerprint density at radius 2 is 2.16 bits per heavy atom. The quantitative estimate of drug-likeness (QED) is 0.231. The van der Waals surface area contributed by atoms with Gasteiger partial charge >= 0.3 is 0 Å². The van der Waals surface area contributed by atoms with Gasteiger partial charge in [0.1, 0.15) is 5.84 Å². The van der Waals surface area contributed by atoms with E-state index in [1.807, 2.05) is 31.2 Å². The fourth-order valence-electron chi connectivity index (χ4n) is 2.14. The summed E-state index contributed by atoms with van der Waals surface area (Å²) in [5.74, 6) is 0.678. The summed E-state index contributed by atoms with van der Waals surface area (Å²) < 4.78 is 1.46. The van der Waals surface area contributed by atoms with Crippen molar-refractivity contribution in [2.45, 2.75) is 17.7 Å². The molecule has 0 aliphatic carbocycles. The Balaban J connectivity index is 2.08. The zero-order valence-corrected chi connectivity index (χ0v) is 15.5. The summed E-state index contributed by atoms with van der Waals surface area (Å²) in [4.78, 5) is 0.735. The van der Waals surface area contributed by atoms with Crippen LogP contribution in [0, 0.1) is 10.8 Å². The van der Waals surface area contributed by atoms with Crippen LogP contribution in [0.2, 0.25) is 0 Å². The van der Waals surface area contributed by atoms with Gasteiger partial charge in [0, 0.05) is 28.5 Å². The van der Waals surface area contributed by atoms with Gasteiger partial charge in [-0.25, -0.2) is 4.68 Å². The molecule has 5 N–H and O–H groups in total. The highest BCUT2D eigenvalue weighted by atomic mass is 32.2. The Hall–Kier alpha value is -2.03. The minimum Gasteiger partial charge on any atom is -0.398 e. The monoisotopic (exact) mass is 375 g/mol. The van der Waals surface area contributed by atoms with Crippen molar-refractivity contribution < 1.29 is 5.11 Å². The maximum atomic E-state index is 8.74. The highest BCUT2D eigenvalue weighted by Gasteiger charge is 2.13. The first kappa shape index (κ1) is 19.3. The lowest BCUT2D eigenvalue weighted by Gasteiger charge is -2.11. The first-order valence-corrected chi connectivity index (χ1v) is 9.08. The Morgan fingerprint density at radius 3 is 2.84 bits per heavy atom. The molecule has 0 spiro atoms. The summed E-state index contributed by atoms with van der Waals surface area (Å²) in [7, 11) is 0. The number of anilines is 1. The van der Waals surface area contributed by atoms with E-state index in [9.17, 15) is 0 Å². The van der Waals surface area contributed by atoms with Crippen LogP contribution in [0.15, 0.2) is 47.5 Å². The topological polar surface area (TPSA) is 112 Å². The molecule has 0 saturated carbocycles.